The number of aromatic carboxylic acids is 1. The molecule has 4 nitrogen and oxygen atoms in total. The van der Waals surface area contributed by atoms with Gasteiger partial charge in [-0.1, -0.05) is 0 Å². The van der Waals surface area contributed by atoms with E-state index in [0.717, 1.165) is 4.70 Å². The molecule has 0 saturated heterocycles. The molecule has 0 radical (unpaired) electrons. The highest BCUT2D eigenvalue weighted by Gasteiger charge is 2.13. The zero-order chi connectivity index (χ0) is 10.8. The van der Waals surface area contributed by atoms with Gasteiger partial charge >= 0.3 is 5.97 Å². The molecule has 78 valence electrons. The van der Waals surface area contributed by atoms with E-state index in [4.69, 9.17) is 9.84 Å². The molecule has 0 saturated carbocycles. The van der Waals surface area contributed by atoms with Crippen molar-refractivity contribution < 1.29 is 14.6 Å². The third kappa shape index (κ3) is 1.78. The van der Waals surface area contributed by atoms with E-state index in [1.807, 2.05) is 6.92 Å². The normalized spacial score (nSPS) is 10.5. The zero-order valence-electron chi connectivity index (χ0n) is 8.06. The number of aromatic nitrogens is 1. The summed E-state index contributed by atoms with van der Waals surface area (Å²) in [6.45, 7) is 2.27. The van der Waals surface area contributed by atoms with Crippen LogP contribution in [0.25, 0.3) is 10.2 Å². The average molecular weight is 223 g/mol. The van der Waals surface area contributed by atoms with Crippen LogP contribution in [0.4, 0.5) is 0 Å². The van der Waals surface area contributed by atoms with Crippen LogP contribution in [0.1, 0.15) is 17.3 Å². The number of hydrogen-bond acceptors (Lipinski definition) is 4. The Morgan fingerprint density at radius 1 is 1.60 bits per heavy atom. The zero-order valence-corrected chi connectivity index (χ0v) is 8.87. The van der Waals surface area contributed by atoms with Crippen molar-refractivity contribution in [2.75, 3.05) is 6.61 Å². The number of nitrogens with zero attached hydrogens (tertiary/aromatic N) is 1. The first-order chi connectivity index (χ1) is 7.22. The van der Waals surface area contributed by atoms with Crippen LogP contribution in [0, 0.1) is 0 Å². The minimum absolute atomic E-state index is 0.162. The van der Waals surface area contributed by atoms with Crippen molar-refractivity contribution in [2.24, 2.45) is 0 Å². The van der Waals surface area contributed by atoms with Crippen LogP contribution in [-0.2, 0) is 0 Å². The Hall–Kier alpha value is -1.62. The molecule has 0 aliphatic carbocycles. The largest absolute Gasteiger partial charge is 0.493 e. The molecular formula is C10H9NO3S. The fraction of sp³-hybridized carbons (Fsp3) is 0.200. The van der Waals surface area contributed by atoms with E-state index >= 15 is 0 Å². The van der Waals surface area contributed by atoms with Crippen molar-refractivity contribution in [2.45, 2.75) is 6.92 Å². The first-order valence-corrected chi connectivity index (χ1v) is 5.33. The fourth-order valence-corrected chi connectivity index (χ4v) is 2.01. The lowest BCUT2D eigenvalue weighted by Gasteiger charge is -2.06. The van der Waals surface area contributed by atoms with Crippen LogP contribution >= 0.6 is 11.3 Å². The van der Waals surface area contributed by atoms with Gasteiger partial charge in [-0.25, -0.2) is 9.78 Å². The van der Waals surface area contributed by atoms with Crippen molar-refractivity contribution in [3.63, 3.8) is 0 Å². The van der Waals surface area contributed by atoms with Gasteiger partial charge in [-0.2, -0.15) is 0 Å². The first kappa shape index (κ1) is 9.92. The van der Waals surface area contributed by atoms with E-state index in [-0.39, 0.29) is 5.56 Å². The second-order valence-corrected chi connectivity index (χ2v) is 3.79. The second-order valence-electron chi connectivity index (χ2n) is 2.91. The summed E-state index contributed by atoms with van der Waals surface area (Å²) in [6.07, 6.45) is 0. The Labute approximate surface area is 90.1 Å². The van der Waals surface area contributed by atoms with E-state index in [2.05, 4.69) is 4.98 Å². The molecule has 2 rings (SSSR count). The molecule has 0 atom stereocenters. The highest BCUT2D eigenvalue weighted by Crippen LogP contribution is 2.27. The molecule has 0 amide bonds. The highest BCUT2D eigenvalue weighted by atomic mass is 32.1. The maximum Gasteiger partial charge on any atom is 0.339 e. The summed E-state index contributed by atoms with van der Waals surface area (Å²) in [5.41, 5.74) is 2.54. The Bertz CT molecular complexity index is 506. The summed E-state index contributed by atoms with van der Waals surface area (Å²) in [4.78, 5) is 15.0. The molecule has 1 heterocycles. The third-order valence-electron chi connectivity index (χ3n) is 1.96. The molecule has 0 aliphatic rings. The van der Waals surface area contributed by atoms with Gasteiger partial charge in [0, 0.05) is 6.07 Å². The van der Waals surface area contributed by atoms with E-state index in [9.17, 15) is 4.79 Å². The minimum Gasteiger partial charge on any atom is -0.493 e. The lowest BCUT2D eigenvalue weighted by atomic mass is 10.2. The average Bonchev–Trinajstić information content (AvgIpc) is 2.63. The molecule has 0 bridgehead atoms. The number of thiazole rings is 1. The summed E-state index contributed by atoms with van der Waals surface area (Å²) in [6, 6.07) is 3.26. The number of benzene rings is 1. The molecule has 0 aliphatic heterocycles. The van der Waals surface area contributed by atoms with Gasteiger partial charge in [0.1, 0.15) is 11.3 Å². The minimum atomic E-state index is -0.992. The Balaban J connectivity index is 2.62. The second kappa shape index (κ2) is 3.86. The van der Waals surface area contributed by atoms with Crippen molar-refractivity contribution in [3.05, 3.63) is 23.2 Å². The van der Waals surface area contributed by atoms with Gasteiger partial charge in [-0.05, 0) is 13.0 Å². The van der Waals surface area contributed by atoms with E-state index in [1.165, 1.54) is 11.3 Å². The quantitative estimate of drug-likeness (QED) is 0.867. The Kier molecular flexibility index (Phi) is 2.55. The predicted molar refractivity (Wildman–Crippen MR) is 57.7 cm³/mol. The topological polar surface area (TPSA) is 59.4 Å². The lowest BCUT2D eigenvalue weighted by Crippen LogP contribution is -2.02. The SMILES string of the molecule is CCOc1cc2scnc2cc1C(=O)O. The number of rotatable bonds is 3. The van der Waals surface area contributed by atoms with Crippen LogP contribution in [0.5, 0.6) is 5.75 Å². The molecule has 5 heteroatoms. The summed E-state index contributed by atoms with van der Waals surface area (Å²) < 4.78 is 6.21. The van der Waals surface area contributed by atoms with Crippen molar-refractivity contribution in [1.29, 1.82) is 0 Å². The van der Waals surface area contributed by atoms with E-state index in [1.54, 1.807) is 17.6 Å². The van der Waals surface area contributed by atoms with Crippen LogP contribution in [0.3, 0.4) is 0 Å². The molecule has 0 spiro atoms. The number of hydrogen-bond donors (Lipinski definition) is 1. The fourth-order valence-electron chi connectivity index (χ4n) is 1.33. The van der Waals surface area contributed by atoms with E-state index < -0.39 is 5.97 Å². The molecule has 0 unspecified atom stereocenters. The number of ether oxygens (including phenoxy) is 1. The van der Waals surface area contributed by atoms with Gasteiger partial charge in [-0.15, -0.1) is 11.3 Å². The van der Waals surface area contributed by atoms with Gasteiger partial charge in [-0.3, -0.25) is 0 Å². The maximum absolute atomic E-state index is 11.0. The Morgan fingerprint density at radius 3 is 3.07 bits per heavy atom. The standard InChI is InChI=1S/C10H9NO3S/c1-2-14-8-4-9-7(11-5-15-9)3-6(8)10(12)13/h3-5H,2H2,1H3,(H,12,13). The van der Waals surface area contributed by atoms with Gasteiger partial charge < -0.3 is 9.84 Å². The molecule has 1 aromatic heterocycles. The van der Waals surface area contributed by atoms with Crippen LogP contribution in [0.15, 0.2) is 17.6 Å². The van der Waals surface area contributed by atoms with Crippen molar-refractivity contribution in [3.8, 4) is 5.75 Å². The monoisotopic (exact) mass is 223 g/mol. The van der Waals surface area contributed by atoms with Crippen LogP contribution in [0.2, 0.25) is 0 Å². The summed E-state index contributed by atoms with van der Waals surface area (Å²) >= 11 is 1.46. The highest BCUT2D eigenvalue weighted by molar-refractivity contribution is 7.16. The first-order valence-electron chi connectivity index (χ1n) is 4.45. The van der Waals surface area contributed by atoms with Gasteiger partial charge in [0.15, 0.2) is 0 Å². The molecule has 0 fully saturated rings. The number of carbonyl (C=O) groups is 1. The summed E-state index contributed by atoms with van der Waals surface area (Å²) in [7, 11) is 0. The molecule has 1 aromatic carbocycles. The van der Waals surface area contributed by atoms with Gasteiger partial charge in [0.2, 0.25) is 0 Å². The predicted octanol–water partition coefficient (Wildman–Crippen LogP) is 2.39. The maximum atomic E-state index is 11.0. The number of carboxylic acid groups (broad SMARTS) is 1. The van der Waals surface area contributed by atoms with Crippen LogP contribution in [-0.4, -0.2) is 22.7 Å². The van der Waals surface area contributed by atoms with Crippen LogP contribution < -0.4 is 4.74 Å². The number of fused-ring (bicyclic) bond motifs is 1. The molecule has 15 heavy (non-hydrogen) atoms. The molecule has 2 aromatic rings. The van der Waals surface area contributed by atoms with Crippen molar-refractivity contribution in [1.82, 2.24) is 4.98 Å². The van der Waals surface area contributed by atoms with Gasteiger partial charge in [0.05, 0.1) is 22.3 Å². The van der Waals surface area contributed by atoms with Crippen molar-refractivity contribution >= 4 is 27.5 Å². The Morgan fingerprint density at radius 2 is 2.40 bits per heavy atom. The molecule has 1 N–H and O–H groups in total. The summed E-state index contributed by atoms with van der Waals surface area (Å²) in [5, 5.41) is 8.98. The number of carboxylic acids is 1. The smallest absolute Gasteiger partial charge is 0.339 e. The molecular weight excluding hydrogens is 214 g/mol. The summed E-state index contributed by atoms with van der Waals surface area (Å²) in [5.74, 6) is -0.588. The van der Waals surface area contributed by atoms with Gasteiger partial charge in [0.25, 0.3) is 0 Å². The third-order valence-corrected chi connectivity index (χ3v) is 2.75. The lowest BCUT2D eigenvalue weighted by molar-refractivity contribution is 0.0693. The van der Waals surface area contributed by atoms with E-state index in [0.29, 0.717) is 17.9 Å².